The number of pyridine rings is 2. The van der Waals surface area contributed by atoms with E-state index in [-0.39, 0.29) is 11.5 Å². The molecule has 198 valence electrons. The lowest BCUT2D eigenvalue weighted by atomic mass is 9.91. The van der Waals surface area contributed by atoms with E-state index >= 15 is 0 Å². The first-order valence-corrected chi connectivity index (χ1v) is 12.7. The monoisotopic (exact) mass is 516 g/mol. The number of hydrogen-bond acceptors (Lipinski definition) is 8. The third kappa shape index (κ3) is 4.48. The number of imidazole rings is 1. The molecule has 0 saturated carbocycles. The molecule has 2 N–H and O–H groups in total. The highest BCUT2D eigenvalue weighted by molar-refractivity contribution is 5.81. The zero-order valence-electron chi connectivity index (χ0n) is 22.3. The zero-order valence-corrected chi connectivity index (χ0v) is 22.3. The molecular formula is C27H32N8O3. The molecule has 1 atom stereocenters. The second-order valence-corrected chi connectivity index (χ2v) is 10.7. The molecule has 1 unspecified atom stereocenters. The maximum absolute atomic E-state index is 6.12. The van der Waals surface area contributed by atoms with Gasteiger partial charge in [-0.05, 0) is 12.5 Å². The second kappa shape index (κ2) is 9.41. The molecule has 0 radical (unpaired) electrons. The van der Waals surface area contributed by atoms with Crippen LogP contribution in [0.15, 0.2) is 36.8 Å². The minimum absolute atomic E-state index is 0.0573. The molecule has 11 nitrogen and oxygen atoms in total. The van der Waals surface area contributed by atoms with Gasteiger partial charge < -0.3 is 29.1 Å². The number of hydrogen-bond donors (Lipinski definition) is 2. The van der Waals surface area contributed by atoms with Crippen molar-refractivity contribution < 1.29 is 14.2 Å². The van der Waals surface area contributed by atoms with Crippen LogP contribution in [0.4, 0.5) is 11.8 Å². The van der Waals surface area contributed by atoms with Crippen molar-refractivity contribution in [2.45, 2.75) is 45.3 Å². The standard InChI is InChI=1S/C27H32N8O3/c1-27(2,3)22-10-23(33-35(22)17-6-7-37-15-17)31-26-32-25-21(34(26)4)9-19(13-30-25)38-18-8-20-16(14-36-5)11-28-24(20)29-12-18/h8-13,17H,6-7,14-15H2,1-5H3,(H,28,29)(H,30,31,32,33). The topological polar surface area (TPSA) is 117 Å². The van der Waals surface area contributed by atoms with E-state index in [1.165, 1.54) is 0 Å². The average molecular weight is 517 g/mol. The molecule has 1 aliphatic heterocycles. The number of nitrogens with one attached hydrogen (secondary N) is 2. The predicted molar refractivity (Wildman–Crippen MR) is 144 cm³/mol. The lowest BCUT2D eigenvalue weighted by Gasteiger charge is -2.22. The van der Waals surface area contributed by atoms with E-state index in [1.807, 2.05) is 29.9 Å². The SMILES string of the molecule is COCc1c[nH]c2ncc(Oc3cnc4nc(Nc5cc(C(C)(C)C)n(C6CCOC6)n5)n(C)c4c3)cc12. The lowest BCUT2D eigenvalue weighted by Crippen LogP contribution is -2.22. The second-order valence-electron chi connectivity index (χ2n) is 10.7. The predicted octanol–water partition coefficient (Wildman–Crippen LogP) is 4.98. The molecule has 1 aliphatic rings. The summed E-state index contributed by atoms with van der Waals surface area (Å²) in [7, 11) is 3.62. The van der Waals surface area contributed by atoms with Crippen molar-refractivity contribution in [2.75, 3.05) is 25.6 Å². The van der Waals surface area contributed by atoms with Crippen LogP contribution >= 0.6 is 0 Å². The van der Waals surface area contributed by atoms with Crippen molar-refractivity contribution >= 4 is 34.0 Å². The molecule has 1 saturated heterocycles. The van der Waals surface area contributed by atoms with Gasteiger partial charge in [0.05, 0.1) is 37.2 Å². The Kier molecular flexibility index (Phi) is 6.04. The van der Waals surface area contributed by atoms with Gasteiger partial charge in [-0.2, -0.15) is 10.1 Å². The quantitative estimate of drug-likeness (QED) is 0.311. The van der Waals surface area contributed by atoms with E-state index in [0.717, 1.165) is 46.7 Å². The Morgan fingerprint density at radius 2 is 1.97 bits per heavy atom. The van der Waals surface area contributed by atoms with Crippen molar-refractivity contribution in [3.05, 3.63) is 48.0 Å². The summed E-state index contributed by atoms with van der Waals surface area (Å²) >= 11 is 0. The third-order valence-electron chi connectivity index (χ3n) is 6.84. The summed E-state index contributed by atoms with van der Waals surface area (Å²) in [5, 5.41) is 9.25. The lowest BCUT2D eigenvalue weighted by molar-refractivity contribution is 0.183. The van der Waals surface area contributed by atoms with E-state index < -0.39 is 0 Å². The van der Waals surface area contributed by atoms with Gasteiger partial charge in [0.2, 0.25) is 5.95 Å². The van der Waals surface area contributed by atoms with Crippen LogP contribution < -0.4 is 10.1 Å². The molecule has 6 rings (SSSR count). The Morgan fingerprint density at radius 1 is 1.16 bits per heavy atom. The van der Waals surface area contributed by atoms with Crippen LogP contribution in [-0.2, 0) is 28.5 Å². The molecule has 0 aliphatic carbocycles. The van der Waals surface area contributed by atoms with Gasteiger partial charge in [0.1, 0.15) is 17.1 Å². The van der Waals surface area contributed by atoms with Crippen molar-refractivity contribution in [3.8, 4) is 11.5 Å². The normalized spacial score (nSPS) is 16.1. The molecule has 1 fully saturated rings. The Labute approximate surface area is 220 Å². The largest absolute Gasteiger partial charge is 0.454 e. The molecule has 0 bridgehead atoms. The van der Waals surface area contributed by atoms with Gasteiger partial charge in [0, 0.05) is 61.2 Å². The highest BCUT2D eigenvalue weighted by Crippen LogP contribution is 2.32. The van der Waals surface area contributed by atoms with E-state index in [0.29, 0.717) is 36.3 Å². The highest BCUT2D eigenvalue weighted by Gasteiger charge is 2.28. The summed E-state index contributed by atoms with van der Waals surface area (Å²) < 4.78 is 21.1. The van der Waals surface area contributed by atoms with Crippen LogP contribution in [0, 0.1) is 0 Å². The summed E-state index contributed by atoms with van der Waals surface area (Å²) in [6.45, 7) is 8.53. The number of rotatable bonds is 7. The van der Waals surface area contributed by atoms with Gasteiger partial charge in [-0.3, -0.25) is 4.68 Å². The maximum atomic E-state index is 6.12. The van der Waals surface area contributed by atoms with Gasteiger partial charge >= 0.3 is 0 Å². The van der Waals surface area contributed by atoms with Crippen molar-refractivity contribution in [1.82, 2.24) is 34.3 Å². The smallest absolute Gasteiger partial charge is 0.210 e. The zero-order chi connectivity index (χ0) is 26.4. The van der Waals surface area contributed by atoms with Crippen molar-refractivity contribution in [3.63, 3.8) is 0 Å². The van der Waals surface area contributed by atoms with Gasteiger partial charge in [0.25, 0.3) is 0 Å². The number of H-pyrrole nitrogens is 1. The minimum Gasteiger partial charge on any atom is -0.454 e. The first-order chi connectivity index (χ1) is 18.3. The number of aromatic nitrogens is 7. The summed E-state index contributed by atoms with van der Waals surface area (Å²) in [6.07, 6.45) is 6.22. The fourth-order valence-corrected chi connectivity index (χ4v) is 4.85. The van der Waals surface area contributed by atoms with Crippen LogP contribution in [0.1, 0.15) is 44.5 Å². The van der Waals surface area contributed by atoms with E-state index in [9.17, 15) is 0 Å². The molecule has 0 aromatic carbocycles. The Bertz CT molecular complexity index is 1600. The van der Waals surface area contributed by atoms with Gasteiger partial charge in [-0.1, -0.05) is 20.8 Å². The van der Waals surface area contributed by atoms with Crippen LogP contribution in [-0.4, -0.2) is 54.6 Å². The molecule has 0 spiro atoms. The first kappa shape index (κ1) is 24.4. The van der Waals surface area contributed by atoms with Crippen LogP contribution in [0.2, 0.25) is 0 Å². The molecule has 38 heavy (non-hydrogen) atoms. The third-order valence-corrected chi connectivity index (χ3v) is 6.84. The number of aryl methyl sites for hydroxylation is 1. The number of fused-ring (bicyclic) bond motifs is 2. The van der Waals surface area contributed by atoms with E-state index in [4.69, 9.17) is 24.3 Å². The maximum Gasteiger partial charge on any atom is 0.210 e. The molecule has 5 aromatic rings. The van der Waals surface area contributed by atoms with E-state index in [1.54, 1.807) is 19.5 Å². The number of ether oxygens (including phenoxy) is 3. The number of aromatic amines is 1. The van der Waals surface area contributed by atoms with Crippen LogP contribution in [0.25, 0.3) is 22.2 Å². The number of methoxy groups -OCH3 is 1. The summed E-state index contributed by atoms with van der Waals surface area (Å²) in [5.41, 5.74) is 4.36. The van der Waals surface area contributed by atoms with Crippen LogP contribution in [0.3, 0.4) is 0 Å². The molecule has 11 heteroatoms. The Morgan fingerprint density at radius 3 is 2.74 bits per heavy atom. The van der Waals surface area contributed by atoms with Gasteiger partial charge in [0.15, 0.2) is 11.5 Å². The van der Waals surface area contributed by atoms with Gasteiger partial charge in [-0.25, -0.2) is 9.97 Å². The summed E-state index contributed by atoms with van der Waals surface area (Å²) in [5.74, 6) is 2.61. The Balaban J connectivity index is 1.27. The number of nitrogens with zero attached hydrogens (tertiary/aromatic N) is 6. The molecular weight excluding hydrogens is 484 g/mol. The fourth-order valence-electron chi connectivity index (χ4n) is 4.85. The first-order valence-electron chi connectivity index (χ1n) is 12.7. The number of anilines is 2. The molecule has 0 amide bonds. The van der Waals surface area contributed by atoms with Gasteiger partial charge in [-0.15, -0.1) is 0 Å². The van der Waals surface area contributed by atoms with E-state index in [2.05, 4.69) is 51.8 Å². The summed E-state index contributed by atoms with van der Waals surface area (Å²) in [6, 6.07) is 6.22. The van der Waals surface area contributed by atoms with Crippen molar-refractivity contribution in [1.29, 1.82) is 0 Å². The van der Waals surface area contributed by atoms with Crippen molar-refractivity contribution in [2.24, 2.45) is 7.05 Å². The average Bonchev–Trinajstić information content (AvgIpc) is 3.67. The Hall–Kier alpha value is -3.96. The minimum atomic E-state index is -0.0573. The summed E-state index contributed by atoms with van der Waals surface area (Å²) in [4.78, 5) is 16.9. The van der Waals surface area contributed by atoms with Crippen LogP contribution in [0.5, 0.6) is 11.5 Å². The molecule has 6 heterocycles. The fraction of sp³-hybridized carbons (Fsp3) is 0.407. The molecule has 5 aromatic heterocycles. The highest BCUT2D eigenvalue weighted by atomic mass is 16.5.